The number of ether oxygens (including phenoxy) is 2. The van der Waals surface area contributed by atoms with Crippen molar-refractivity contribution >= 4 is 11.9 Å². The molecule has 0 atom stereocenters. The van der Waals surface area contributed by atoms with Crippen molar-refractivity contribution < 1.29 is 19.1 Å². The molecular formula is C28H46O4. The Hall–Kier alpha value is -1.84. The zero-order valence-electron chi connectivity index (χ0n) is 20.8. The fourth-order valence-corrected chi connectivity index (χ4v) is 3.75. The summed E-state index contributed by atoms with van der Waals surface area (Å²) in [6, 6.07) is 6.78. The van der Waals surface area contributed by atoms with Crippen molar-refractivity contribution in [3.63, 3.8) is 0 Å². The number of rotatable bonds is 19. The third-order valence-electron chi connectivity index (χ3n) is 5.76. The Bertz CT molecular complexity index is 624. The summed E-state index contributed by atoms with van der Waals surface area (Å²) in [5.74, 6) is -0.0924. The van der Waals surface area contributed by atoms with Crippen LogP contribution in [-0.4, -0.2) is 25.2 Å². The van der Waals surface area contributed by atoms with Crippen molar-refractivity contribution in [2.24, 2.45) is 5.92 Å². The second-order valence-electron chi connectivity index (χ2n) is 9.24. The van der Waals surface area contributed by atoms with E-state index in [9.17, 15) is 9.59 Å². The van der Waals surface area contributed by atoms with Crippen molar-refractivity contribution in [2.45, 2.75) is 111 Å². The van der Waals surface area contributed by atoms with E-state index in [1.165, 1.54) is 64.2 Å². The van der Waals surface area contributed by atoms with Crippen LogP contribution in [-0.2, 0) is 9.47 Å². The Morgan fingerprint density at radius 2 is 1.06 bits per heavy atom. The van der Waals surface area contributed by atoms with Crippen LogP contribution in [0, 0.1) is 5.92 Å². The summed E-state index contributed by atoms with van der Waals surface area (Å²) in [5, 5.41) is 0. The van der Waals surface area contributed by atoms with E-state index in [1.54, 1.807) is 24.3 Å². The molecule has 0 aliphatic carbocycles. The molecule has 0 unspecified atom stereocenters. The summed E-state index contributed by atoms with van der Waals surface area (Å²) in [6.45, 7) is 7.54. The molecule has 1 aromatic rings. The van der Waals surface area contributed by atoms with Gasteiger partial charge in [0, 0.05) is 0 Å². The standard InChI is InChI=1S/C28H46O4/c1-4-5-6-7-9-12-17-22-31-27(29)25-20-15-16-21-26(25)28(30)32-23-18-13-10-8-11-14-19-24(2)3/h15-16,20-21,24H,4-14,17-19,22-23H2,1-3H3. The first-order chi connectivity index (χ1) is 15.6. The summed E-state index contributed by atoms with van der Waals surface area (Å²) < 4.78 is 10.8. The monoisotopic (exact) mass is 446 g/mol. The molecule has 4 heteroatoms. The molecule has 0 N–H and O–H groups in total. The van der Waals surface area contributed by atoms with Gasteiger partial charge >= 0.3 is 11.9 Å². The summed E-state index contributed by atoms with van der Waals surface area (Å²) in [5.41, 5.74) is 0.594. The number of carbonyl (C=O) groups excluding carboxylic acids is 2. The highest BCUT2D eigenvalue weighted by molar-refractivity contribution is 6.03. The molecule has 0 aromatic heterocycles. The first-order valence-electron chi connectivity index (χ1n) is 13.0. The van der Waals surface area contributed by atoms with Crippen LogP contribution in [0.5, 0.6) is 0 Å². The molecule has 182 valence electrons. The highest BCUT2D eigenvalue weighted by Crippen LogP contribution is 2.15. The molecule has 1 aromatic carbocycles. The molecule has 0 amide bonds. The molecule has 0 heterocycles. The molecule has 0 saturated heterocycles. The van der Waals surface area contributed by atoms with E-state index < -0.39 is 11.9 Å². The van der Waals surface area contributed by atoms with Gasteiger partial charge in [-0.25, -0.2) is 9.59 Å². The second kappa shape index (κ2) is 18.7. The second-order valence-corrected chi connectivity index (χ2v) is 9.24. The third-order valence-corrected chi connectivity index (χ3v) is 5.76. The smallest absolute Gasteiger partial charge is 0.339 e. The summed E-state index contributed by atoms with van der Waals surface area (Å²) in [6.07, 6.45) is 16.4. The first kappa shape index (κ1) is 28.2. The normalized spacial score (nSPS) is 11.0. The average Bonchev–Trinajstić information content (AvgIpc) is 2.79. The molecule has 32 heavy (non-hydrogen) atoms. The first-order valence-corrected chi connectivity index (χ1v) is 13.0. The van der Waals surface area contributed by atoms with Crippen LogP contribution < -0.4 is 0 Å². The molecule has 1 rings (SSSR count). The van der Waals surface area contributed by atoms with Gasteiger partial charge in [0.25, 0.3) is 0 Å². The topological polar surface area (TPSA) is 52.6 Å². The van der Waals surface area contributed by atoms with E-state index in [0.717, 1.165) is 31.6 Å². The lowest BCUT2D eigenvalue weighted by molar-refractivity contribution is 0.0450. The number of esters is 2. The number of hydrogen-bond acceptors (Lipinski definition) is 4. The van der Waals surface area contributed by atoms with E-state index >= 15 is 0 Å². The van der Waals surface area contributed by atoms with Crippen molar-refractivity contribution in [1.29, 1.82) is 0 Å². The van der Waals surface area contributed by atoms with Crippen LogP contribution in [0.1, 0.15) is 131 Å². The maximum Gasteiger partial charge on any atom is 0.339 e. The van der Waals surface area contributed by atoms with Crippen molar-refractivity contribution in [3.8, 4) is 0 Å². The van der Waals surface area contributed by atoms with Crippen LogP contribution in [0.25, 0.3) is 0 Å². The minimum absolute atomic E-state index is 0.297. The van der Waals surface area contributed by atoms with Gasteiger partial charge in [0.1, 0.15) is 0 Å². The van der Waals surface area contributed by atoms with Crippen LogP contribution in [0.15, 0.2) is 24.3 Å². The minimum atomic E-state index is -0.440. The van der Waals surface area contributed by atoms with Crippen LogP contribution >= 0.6 is 0 Å². The van der Waals surface area contributed by atoms with Gasteiger partial charge in [0.05, 0.1) is 24.3 Å². The van der Waals surface area contributed by atoms with Gasteiger partial charge in [-0.3, -0.25) is 0 Å². The van der Waals surface area contributed by atoms with E-state index in [0.29, 0.717) is 24.3 Å². The van der Waals surface area contributed by atoms with E-state index in [4.69, 9.17) is 9.47 Å². The van der Waals surface area contributed by atoms with Gasteiger partial charge in [-0.15, -0.1) is 0 Å². The van der Waals surface area contributed by atoms with Crippen molar-refractivity contribution in [1.82, 2.24) is 0 Å². The Labute approximate surface area is 196 Å². The summed E-state index contributed by atoms with van der Waals surface area (Å²) in [7, 11) is 0. The van der Waals surface area contributed by atoms with Crippen LogP contribution in [0.3, 0.4) is 0 Å². The Morgan fingerprint density at radius 3 is 1.50 bits per heavy atom. The quantitative estimate of drug-likeness (QED) is 0.159. The van der Waals surface area contributed by atoms with Crippen LogP contribution in [0.4, 0.5) is 0 Å². The summed E-state index contributed by atoms with van der Waals surface area (Å²) >= 11 is 0. The maximum atomic E-state index is 12.5. The van der Waals surface area contributed by atoms with Crippen molar-refractivity contribution in [2.75, 3.05) is 13.2 Å². The van der Waals surface area contributed by atoms with E-state index in [-0.39, 0.29) is 0 Å². The predicted molar refractivity (Wildman–Crippen MR) is 132 cm³/mol. The Morgan fingerprint density at radius 1 is 0.656 bits per heavy atom. The molecule has 0 aliphatic heterocycles. The highest BCUT2D eigenvalue weighted by atomic mass is 16.5. The van der Waals surface area contributed by atoms with Gasteiger partial charge in [-0.2, -0.15) is 0 Å². The van der Waals surface area contributed by atoms with Crippen molar-refractivity contribution in [3.05, 3.63) is 35.4 Å². The molecular weight excluding hydrogens is 400 g/mol. The Balaban J connectivity index is 2.25. The molecule has 0 bridgehead atoms. The molecule has 0 fully saturated rings. The third kappa shape index (κ3) is 13.5. The zero-order chi connectivity index (χ0) is 23.4. The number of unbranched alkanes of at least 4 members (excludes halogenated alkanes) is 11. The fourth-order valence-electron chi connectivity index (χ4n) is 3.75. The Kier molecular flexibility index (Phi) is 16.5. The van der Waals surface area contributed by atoms with E-state index in [1.807, 2.05) is 0 Å². The lowest BCUT2D eigenvalue weighted by atomic mass is 10.0. The van der Waals surface area contributed by atoms with Gasteiger partial charge in [-0.1, -0.05) is 110 Å². The van der Waals surface area contributed by atoms with Gasteiger partial charge in [0.2, 0.25) is 0 Å². The number of hydrogen-bond donors (Lipinski definition) is 0. The summed E-state index contributed by atoms with van der Waals surface area (Å²) in [4.78, 5) is 24.9. The van der Waals surface area contributed by atoms with Gasteiger partial charge in [0.15, 0.2) is 0 Å². The molecule has 0 saturated carbocycles. The minimum Gasteiger partial charge on any atom is -0.462 e. The zero-order valence-corrected chi connectivity index (χ0v) is 20.8. The average molecular weight is 447 g/mol. The highest BCUT2D eigenvalue weighted by Gasteiger charge is 2.18. The predicted octanol–water partition coefficient (Wildman–Crippen LogP) is 8.14. The van der Waals surface area contributed by atoms with Gasteiger partial charge in [-0.05, 0) is 30.9 Å². The lowest BCUT2D eigenvalue weighted by Gasteiger charge is -2.10. The maximum absolute atomic E-state index is 12.5. The SMILES string of the molecule is CCCCCCCCCOC(=O)c1ccccc1C(=O)OCCCCCCCCC(C)C. The van der Waals surface area contributed by atoms with Crippen LogP contribution in [0.2, 0.25) is 0 Å². The molecule has 4 nitrogen and oxygen atoms in total. The number of benzene rings is 1. The largest absolute Gasteiger partial charge is 0.462 e. The van der Waals surface area contributed by atoms with E-state index in [2.05, 4.69) is 20.8 Å². The molecule has 0 spiro atoms. The lowest BCUT2D eigenvalue weighted by Crippen LogP contribution is -2.15. The fraction of sp³-hybridized carbons (Fsp3) is 0.714. The molecule has 0 aliphatic rings. The van der Waals surface area contributed by atoms with Gasteiger partial charge < -0.3 is 9.47 Å². The molecule has 0 radical (unpaired) electrons. The number of carbonyl (C=O) groups is 2.